The Kier molecular flexibility index (Phi) is 6.06. The average molecular weight is 442 g/mol. The van der Waals surface area contributed by atoms with Crippen LogP contribution in [0.2, 0.25) is 5.02 Å². The Morgan fingerprint density at radius 1 is 0.968 bits per heavy atom. The number of aryl methyl sites for hydroxylation is 1. The molecule has 0 bridgehead atoms. The van der Waals surface area contributed by atoms with Crippen LogP contribution in [-0.2, 0) is 0 Å². The standard InChI is InChI=1S/C24H28ClN3O3/c1-17-3-5-18(6-4-17)22(30)26-11-12-28-21(13-26)14-27(15-24(28,2)16-29)23(31)19-7-9-20(25)10-8-19/h3-10,21,29H,11-16H2,1-2H3. The molecular formula is C24H28ClN3O3. The van der Waals surface area contributed by atoms with Crippen molar-refractivity contribution in [2.24, 2.45) is 0 Å². The van der Waals surface area contributed by atoms with Crippen LogP contribution in [0.1, 0.15) is 33.2 Å². The van der Waals surface area contributed by atoms with Crippen LogP contribution in [0.3, 0.4) is 0 Å². The Morgan fingerprint density at radius 3 is 2.13 bits per heavy atom. The molecule has 0 radical (unpaired) electrons. The van der Waals surface area contributed by atoms with Crippen molar-refractivity contribution in [1.29, 1.82) is 0 Å². The van der Waals surface area contributed by atoms with E-state index in [2.05, 4.69) is 4.90 Å². The lowest BCUT2D eigenvalue weighted by atomic mass is 9.91. The molecular weight excluding hydrogens is 414 g/mol. The summed E-state index contributed by atoms with van der Waals surface area (Å²) in [6, 6.07) is 14.4. The lowest BCUT2D eigenvalue weighted by Gasteiger charge is -2.56. The lowest BCUT2D eigenvalue weighted by molar-refractivity contribution is -0.0783. The van der Waals surface area contributed by atoms with Crippen molar-refractivity contribution in [1.82, 2.24) is 14.7 Å². The van der Waals surface area contributed by atoms with Gasteiger partial charge in [-0.05, 0) is 50.2 Å². The van der Waals surface area contributed by atoms with Gasteiger partial charge in [0.1, 0.15) is 0 Å². The molecule has 2 unspecified atom stereocenters. The van der Waals surface area contributed by atoms with Gasteiger partial charge in [0.15, 0.2) is 0 Å². The summed E-state index contributed by atoms with van der Waals surface area (Å²) in [6.07, 6.45) is 0. The van der Waals surface area contributed by atoms with Crippen LogP contribution in [-0.4, -0.2) is 82.5 Å². The van der Waals surface area contributed by atoms with E-state index in [1.54, 1.807) is 29.2 Å². The first-order valence-corrected chi connectivity index (χ1v) is 11.0. The third-order valence-corrected chi connectivity index (χ3v) is 6.70. The second-order valence-corrected chi connectivity index (χ2v) is 9.25. The van der Waals surface area contributed by atoms with E-state index in [9.17, 15) is 14.7 Å². The van der Waals surface area contributed by atoms with E-state index in [1.807, 2.05) is 43.0 Å². The summed E-state index contributed by atoms with van der Waals surface area (Å²) in [5, 5.41) is 10.8. The van der Waals surface area contributed by atoms with Gasteiger partial charge in [-0.2, -0.15) is 0 Å². The maximum Gasteiger partial charge on any atom is 0.253 e. The van der Waals surface area contributed by atoms with Crippen LogP contribution in [0.5, 0.6) is 0 Å². The highest BCUT2D eigenvalue weighted by molar-refractivity contribution is 6.30. The number of aliphatic hydroxyl groups is 1. The molecule has 2 fully saturated rings. The number of halogens is 1. The summed E-state index contributed by atoms with van der Waals surface area (Å²) in [5.74, 6) is -0.0792. The normalized spacial score (nSPS) is 24.1. The van der Waals surface area contributed by atoms with Gasteiger partial charge < -0.3 is 14.9 Å². The molecule has 2 amide bonds. The van der Waals surface area contributed by atoms with Gasteiger partial charge in [-0.1, -0.05) is 29.3 Å². The van der Waals surface area contributed by atoms with Crippen molar-refractivity contribution < 1.29 is 14.7 Å². The second-order valence-electron chi connectivity index (χ2n) is 8.81. The van der Waals surface area contributed by atoms with Crippen molar-refractivity contribution in [3.05, 3.63) is 70.2 Å². The SMILES string of the molecule is Cc1ccc(C(=O)N2CCN3C(C2)CN(C(=O)c2ccc(Cl)cc2)CC3(C)CO)cc1. The predicted octanol–water partition coefficient (Wildman–Crippen LogP) is 2.68. The van der Waals surface area contributed by atoms with Gasteiger partial charge in [0, 0.05) is 54.9 Å². The highest BCUT2D eigenvalue weighted by Gasteiger charge is 2.46. The van der Waals surface area contributed by atoms with Crippen LogP contribution in [0, 0.1) is 6.92 Å². The summed E-state index contributed by atoms with van der Waals surface area (Å²) < 4.78 is 0. The van der Waals surface area contributed by atoms with Crippen molar-refractivity contribution >= 4 is 23.4 Å². The number of benzene rings is 2. The maximum atomic E-state index is 13.2. The quantitative estimate of drug-likeness (QED) is 0.795. The molecule has 2 aliphatic heterocycles. The second kappa shape index (κ2) is 8.61. The Balaban J connectivity index is 1.54. The minimum Gasteiger partial charge on any atom is -0.394 e. The Labute approximate surface area is 188 Å². The van der Waals surface area contributed by atoms with E-state index in [-0.39, 0.29) is 24.5 Å². The largest absolute Gasteiger partial charge is 0.394 e. The molecule has 2 saturated heterocycles. The summed E-state index contributed by atoms with van der Waals surface area (Å²) in [4.78, 5) is 32.1. The van der Waals surface area contributed by atoms with Crippen LogP contribution in [0.4, 0.5) is 0 Å². The molecule has 7 heteroatoms. The number of hydrogen-bond acceptors (Lipinski definition) is 4. The molecule has 2 heterocycles. The molecule has 31 heavy (non-hydrogen) atoms. The molecule has 2 aromatic carbocycles. The summed E-state index contributed by atoms with van der Waals surface area (Å²) in [6.45, 7) is 6.66. The monoisotopic (exact) mass is 441 g/mol. The smallest absolute Gasteiger partial charge is 0.253 e. The highest BCUT2D eigenvalue weighted by Crippen LogP contribution is 2.30. The number of carbonyl (C=O) groups is 2. The highest BCUT2D eigenvalue weighted by atomic mass is 35.5. The number of hydrogen-bond donors (Lipinski definition) is 1. The third-order valence-electron chi connectivity index (χ3n) is 6.44. The van der Waals surface area contributed by atoms with Gasteiger partial charge in [0.25, 0.3) is 11.8 Å². The Morgan fingerprint density at radius 2 is 1.52 bits per heavy atom. The zero-order chi connectivity index (χ0) is 22.2. The van der Waals surface area contributed by atoms with E-state index in [0.717, 1.165) is 5.56 Å². The van der Waals surface area contributed by atoms with Gasteiger partial charge in [-0.3, -0.25) is 14.5 Å². The molecule has 2 aromatic rings. The van der Waals surface area contributed by atoms with Crippen LogP contribution >= 0.6 is 11.6 Å². The average Bonchev–Trinajstić information content (AvgIpc) is 2.78. The number of piperazine rings is 2. The fourth-order valence-electron chi connectivity index (χ4n) is 4.68. The third kappa shape index (κ3) is 4.33. The van der Waals surface area contributed by atoms with Crippen molar-refractivity contribution in [3.8, 4) is 0 Å². The first-order valence-electron chi connectivity index (χ1n) is 10.6. The molecule has 4 rings (SSSR count). The van der Waals surface area contributed by atoms with Gasteiger partial charge in [0.2, 0.25) is 0 Å². The number of amides is 2. The van der Waals surface area contributed by atoms with Crippen molar-refractivity contribution in [2.45, 2.75) is 25.4 Å². The van der Waals surface area contributed by atoms with Gasteiger partial charge in [-0.15, -0.1) is 0 Å². The number of carbonyl (C=O) groups excluding carboxylic acids is 2. The summed E-state index contributed by atoms with van der Waals surface area (Å²) in [7, 11) is 0. The molecule has 0 aliphatic carbocycles. The number of rotatable bonds is 3. The molecule has 6 nitrogen and oxygen atoms in total. The molecule has 1 N–H and O–H groups in total. The van der Waals surface area contributed by atoms with Crippen LogP contribution < -0.4 is 0 Å². The van der Waals surface area contributed by atoms with Crippen molar-refractivity contribution in [3.63, 3.8) is 0 Å². The Hall–Kier alpha value is -2.41. The Bertz CT molecular complexity index is 961. The lowest BCUT2D eigenvalue weighted by Crippen LogP contribution is -2.72. The molecule has 2 atom stereocenters. The minimum atomic E-state index is -0.552. The zero-order valence-electron chi connectivity index (χ0n) is 17.9. The minimum absolute atomic E-state index is 0.00602. The van der Waals surface area contributed by atoms with Gasteiger partial charge >= 0.3 is 0 Å². The predicted molar refractivity (Wildman–Crippen MR) is 120 cm³/mol. The molecule has 0 spiro atoms. The van der Waals surface area contributed by atoms with E-state index < -0.39 is 5.54 Å². The maximum absolute atomic E-state index is 13.2. The fourth-order valence-corrected chi connectivity index (χ4v) is 4.80. The summed E-state index contributed by atoms with van der Waals surface area (Å²) in [5.41, 5.74) is 1.81. The first-order chi connectivity index (χ1) is 14.8. The zero-order valence-corrected chi connectivity index (χ0v) is 18.7. The number of fused-ring (bicyclic) bond motifs is 1. The van der Waals surface area contributed by atoms with E-state index >= 15 is 0 Å². The van der Waals surface area contributed by atoms with Gasteiger partial charge in [-0.25, -0.2) is 0 Å². The fraction of sp³-hybridized carbons (Fsp3) is 0.417. The van der Waals surface area contributed by atoms with Crippen LogP contribution in [0.25, 0.3) is 0 Å². The van der Waals surface area contributed by atoms with Crippen LogP contribution in [0.15, 0.2) is 48.5 Å². The topological polar surface area (TPSA) is 64.1 Å². The number of aliphatic hydroxyl groups excluding tert-OH is 1. The molecule has 2 aliphatic rings. The number of nitrogens with zero attached hydrogens (tertiary/aromatic N) is 3. The van der Waals surface area contributed by atoms with E-state index in [0.29, 0.717) is 48.9 Å². The molecule has 164 valence electrons. The summed E-state index contributed by atoms with van der Waals surface area (Å²) >= 11 is 5.96. The first kappa shape index (κ1) is 21.8. The molecule has 0 saturated carbocycles. The molecule has 0 aromatic heterocycles. The van der Waals surface area contributed by atoms with Gasteiger partial charge in [0.05, 0.1) is 12.1 Å². The van der Waals surface area contributed by atoms with E-state index in [1.165, 1.54) is 0 Å². The van der Waals surface area contributed by atoms with Crippen molar-refractivity contribution in [2.75, 3.05) is 39.3 Å². The van der Waals surface area contributed by atoms with E-state index in [4.69, 9.17) is 11.6 Å².